The van der Waals surface area contributed by atoms with Crippen molar-refractivity contribution in [2.45, 2.75) is 0 Å². The van der Waals surface area contributed by atoms with Gasteiger partial charge in [0.05, 0.1) is 0 Å². The Hall–Kier alpha value is -2.09. The third kappa shape index (κ3) is 1.95. The van der Waals surface area contributed by atoms with Crippen LogP contribution >= 0.6 is 0 Å². The van der Waals surface area contributed by atoms with Gasteiger partial charge in [-0.15, -0.1) is 0 Å². The summed E-state index contributed by atoms with van der Waals surface area (Å²) < 4.78 is 8.73. The van der Waals surface area contributed by atoms with Gasteiger partial charge in [0.15, 0.2) is 0 Å². The fraction of sp³-hybridized carbons (Fsp3) is 0. The molecule has 1 aliphatic heterocycles. The molecule has 0 spiro atoms. The number of cyclic esters (lactones) is 2. The average molecular weight is 165 g/mol. The number of nitrogens with zero attached hydrogens (tertiary/aromatic N) is 1. The lowest BCUT2D eigenvalue weighted by Gasteiger charge is -2.00. The molecule has 0 saturated heterocycles. The van der Waals surface area contributed by atoms with Gasteiger partial charge in [-0.05, 0) is 0 Å². The molecule has 0 amide bonds. The normalized spacial score (nSPS) is 23.4. The van der Waals surface area contributed by atoms with Crippen LogP contribution in [0.1, 0.15) is 0 Å². The van der Waals surface area contributed by atoms with Crippen LogP contribution in [0.3, 0.4) is 0 Å². The minimum atomic E-state index is -0.778. The summed E-state index contributed by atoms with van der Waals surface area (Å²) in [5.74, 6) is -1.85. The molecule has 12 heavy (non-hydrogen) atoms. The first-order valence-electron chi connectivity index (χ1n) is 2.93. The smallest absolute Gasteiger partial charge is 0.337 e. The maximum absolute atomic E-state index is 10.6. The molecule has 1 aliphatic rings. The van der Waals surface area contributed by atoms with Crippen LogP contribution in [0, 0.1) is 11.3 Å². The lowest BCUT2D eigenvalue weighted by atomic mass is 10.4. The molecule has 0 aliphatic carbocycles. The summed E-state index contributed by atoms with van der Waals surface area (Å²) in [5, 5.41) is 8.30. The van der Waals surface area contributed by atoms with Gasteiger partial charge in [0.2, 0.25) is 5.76 Å². The summed E-state index contributed by atoms with van der Waals surface area (Å²) in [6, 6.07) is 1.53. The molecule has 0 bridgehead atoms. The average Bonchev–Trinajstić information content (AvgIpc) is 2.06. The van der Waals surface area contributed by atoms with E-state index >= 15 is 0 Å². The Bertz CT molecular complexity index is 321. The van der Waals surface area contributed by atoms with E-state index in [0.717, 1.165) is 18.4 Å². The minimum absolute atomic E-state index is 0.349. The van der Waals surface area contributed by atoms with Gasteiger partial charge in [0, 0.05) is 12.2 Å². The number of carbonyl (C=O) groups excluding carboxylic acids is 2. The Labute approximate surface area is 67.5 Å². The van der Waals surface area contributed by atoms with E-state index in [-0.39, 0.29) is 5.76 Å². The molecule has 0 aromatic rings. The van der Waals surface area contributed by atoms with E-state index in [4.69, 9.17) is 5.26 Å². The van der Waals surface area contributed by atoms with E-state index in [1.54, 1.807) is 0 Å². The number of carbonyl (C=O) groups is 2. The van der Waals surface area contributed by atoms with Crippen molar-refractivity contribution in [3.63, 3.8) is 0 Å². The fourth-order valence-electron chi connectivity index (χ4n) is 0.503. The number of esters is 2. The first kappa shape index (κ1) is 8.01. The van der Waals surface area contributed by atoms with E-state index in [1.807, 2.05) is 0 Å². The van der Waals surface area contributed by atoms with Crippen LogP contribution in [0.15, 0.2) is 24.2 Å². The second-order valence-electron chi connectivity index (χ2n) is 1.79. The SMILES string of the molecule is N#C/C1=C/OC(=O)/C=C\C(=O)O1. The molecule has 0 aromatic heterocycles. The molecule has 0 radical (unpaired) electrons. The van der Waals surface area contributed by atoms with Crippen LogP contribution in [0.5, 0.6) is 0 Å². The molecule has 0 saturated carbocycles. The van der Waals surface area contributed by atoms with Crippen LogP contribution in [-0.4, -0.2) is 11.9 Å². The molecule has 1 rings (SSSR count). The summed E-state index contributed by atoms with van der Waals surface area (Å²) in [7, 11) is 0. The molecule has 0 fully saturated rings. The number of nitriles is 1. The highest BCUT2D eigenvalue weighted by atomic mass is 16.6. The van der Waals surface area contributed by atoms with E-state index in [1.165, 1.54) is 6.07 Å². The highest BCUT2D eigenvalue weighted by Gasteiger charge is 2.08. The summed E-state index contributed by atoms with van der Waals surface area (Å²) in [6.07, 6.45) is 2.57. The molecule has 0 aromatic carbocycles. The van der Waals surface area contributed by atoms with Crippen LogP contribution in [0.25, 0.3) is 0 Å². The predicted molar refractivity (Wildman–Crippen MR) is 35.0 cm³/mol. The van der Waals surface area contributed by atoms with Crippen molar-refractivity contribution in [2.24, 2.45) is 0 Å². The van der Waals surface area contributed by atoms with Crippen molar-refractivity contribution in [1.29, 1.82) is 5.26 Å². The Morgan fingerprint density at radius 3 is 2.58 bits per heavy atom. The van der Waals surface area contributed by atoms with Gasteiger partial charge in [0.25, 0.3) is 0 Å². The van der Waals surface area contributed by atoms with E-state index in [9.17, 15) is 9.59 Å². The Balaban J connectivity index is 2.85. The van der Waals surface area contributed by atoms with Crippen molar-refractivity contribution in [3.05, 3.63) is 24.2 Å². The van der Waals surface area contributed by atoms with Gasteiger partial charge >= 0.3 is 11.9 Å². The zero-order valence-corrected chi connectivity index (χ0v) is 5.81. The lowest BCUT2D eigenvalue weighted by Crippen LogP contribution is -2.06. The molecule has 0 N–H and O–H groups in total. The largest absolute Gasteiger partial charge is 0.427 e. The second kappa shape index (κ2) is 3.34. The van der Waals surface area contributed by atoms with Crippen molar-refractivity contribution in [1.82, 2.24) is 0 Å². The first-order valence-corrected chi connectivity index (χ1v) is 2.93. The molecule has 60 valence electrons. The van der Waals surface area contributed by atoms with Crippen molar-refractivity contribution in [3.8, 4) is 6.07 Å². The summed E-state index contributed by atoms with van der Waals surface area (Å²) in [5.41, 5.74) is 0. The van der Waals surface area contributed by atoms with Gasteiger partial charge in [-0.1, -0.05) is 0 Å². The maximum Gasteiger partial charge on any atom is 0.337 e. The van der Waals surface area contributed by atoms with Gasteiger partial charge in [-0.3, -0.25) is 0 Å². The van der Waals surface area contributed by atoms with Crippen LogP contribution in [-0.2, 0) is 19.1 Å². The fourth-order valence-corrected chi connectivity index (χ4v) is 0.503. The summed E-state index contributed by atoms with van der Waals surface area (Å²) >= 11 is 0. The van der Waals surface area contributed by atoms with Gasteiger partial charge < -0.3 is 9.47 Å². The minimum Gasteiger partial charge on any atom is -0.427 e. The number of allylic oxidation sites excluding steroid dienone is 1. The third-order valence-electron chi connectivity index (χ3n) is 0.958. The van der Waals surface area contributed by atoms with Gasteiger partial charge in [0.1, 0.15) is 12.3 Å². The third-order valence-corrected chi connectivity index (χ3v) is 0.958. The lowest BCUT2D eigenvalue weighted by molar-refractivity contribution is -0.138. The molecule has 5 heteroatoms. The van der Waals surface area contributed by atoms with E-state index in [0.29, 0.717) is 0 Å². The Morgan fingerprint density at radius 2 is 1.92 bits per heavy atom. The van der Waals surface area contributed by atoms with Gasteiger partial charge in [-0.2, -0.15) is 5.26 Å². The maximum atomic E-state index is 10.6. The highest BCUT2D eigenvalue weighted by molar-refractivity contribution is 5.93. The first-order chi connectivity index (χ1) is 5.72. The zero-order chi connectivity index (χ0) is 8.97. The molecular weight excluding hydrogens is 162 g/mol. The number of hydrogen-bond donors (Lipinski definition) is 0. The van der Waals surface area contributed by atoms with Crippen molar-refractivity contribution < 1.29 is 19.1 Å². The van der Waals surface area contributed by atoms with E-state index < -0.39 is 11.9 Å². The van der Waals surface area contributed by atoms with Crippen molar-refractivity contribution in [2.75, 3.05) is 0 Å². The molecule has 5 nitrogen and oxygen atoms in total. The number of rotatable bonds is 0. The summed E-state index contributed by atoms with van der Waals surface area (Å²) in [4.78, 5) is 21.2. The zero-order valence-electron chi connectivity index (χ0n) is 5.81. The topological polar surface area (TPSA) is 76.4 Å². The van der Waals surface area contributed by atoms with Crippen LogP contribution in [0.2, 0.25) is 0 Å². The van der Waals surface area contributed by atoms with E-state index in [2.05, 4.69) is 9.47 Å². The monoisotopic (exact) mass is 165 g/mol. The quantitative estimate of drug-likeness (QED) is 0.472. The second-order valence-corrected chi connectivity index (χ2v) is 1.79. The van der Waals surface area contributed by atoms with Crippen molar-refractivity contribution >= 4 is 11.9 Å². The number of ether oxygens (including phenoxy) is 2. The summed E-state index contributed by atoms with van der Waals surface area (Å²) in [6.45, 7) is 0. The molecule has 0 atom stereocenters. The molecule has 0 unspecified atom stereocenters. The Morgan fingerprint density at radius 1 is 1.25 bits per heavy atom. The Kier molecular flexibility index (Phi) is 2.23. The molecule has 1 heterocycles. The predicted octanol–water partition coefficient (Wildman–Crippen LogP) is 0.00758. The molecular formula is C7H3NO4. The van der Waals surface area contributed by atoms with Gasteiger partial charge in [-0.25, -0.2) is 9.59 Å². The standard InChI is InChI=1S/C7H3NO4/c8-3-5-4-11-6(9)1-2-7(10)12-5/h1-2,4H/b2-1-,5-4-. The van der Waals surface area contributed by atoms with Crippen LogP contribution in [0.4, 0.5) is 0 Å². The highest BCUT2D eigenvalue weighted by Crippen LogP contribution is 2.01. The number of hydrogen-bond acceptors (Lipinski definition) is 5. The van der Waals surface area contributed by atoms with Crippen LogP contribution < -0.4 is 0 Å².